The molecule has 1 N–H and O–H groups in total. The van der Waals surface area contributed by atoms with E-state index in [9.17, 15) is 4.79 Å². The van der Waals surface area contributed by atoms with Crippen LogP contribution in [0.25, 0.3) is 0 Å². The molecule has 1 aliphatic carbocycles. The fourth-order valence-corrected chi connectivity index (χ4v) is 3.14. The van der Waals surface area contributed by atoms with Crippen LogP contribution in [0.1, 0.15) is 51.6 Å². The Labute approximate surface area is 126 Å². The van der Waals surface area contributed by atoms with E-state index >= 15 is 0 Å². The number of carbonyl (C=O) groups is 1. The quantitative estimate of drug-likeness (QED) is 0.860. The Kier molecular flexibility index (Phi) is 5.73. The number of nitrogens with zero attached hydrogens (tertiary/aromatic N) is 4. The van der Waals surface area contributed by atoms with Crippen LogP contribution in [-0.4, -0.2) is 49.6 Å². The van der Waals surface area contributed by atoms with Crippen molar-refractivity contribution in [2.45, 2.75) is 71.0 Å². The zero-order valence-electron chi connectivity index (χ0n) is 13.0. The second-order valence-electron chi connectivity index (χ2n) is 6.07. The Morgan fingerprint density at radius 3 is 2.76 bits per heavy atom. The minimum atomic E-state index is 0.0484. The molecule has 0 saturated heterocycles. The molecule has 1 aromatic rings. The van der Waals surface area contributed by atoms with Crippen LogP contribution in [0.5, 0.6) is 0 Å². The van der Waals surface area contributed by atoms with Gasteiger partial charge in [0.1, 0.15) is 6.54 Å². The van der Waals surface area contributed by atoms with E-state index in [1.54, 1.807) is 10.9 Å². The topological polar surface area (TPSA) is 71.2 Å². The summed E-state index contributed by atoms with van der Waals surface area (Å²) in [6.07, 6.45) is 8.15. The van der Waals surface area contributed by atoms with Gasteiger partial charge in [-0.05, 0) is 26.7 Å². The molecule has 0 aliphatic heterocycles. The van der Waals surface area contributed by atoms with E-state index < -0.39 is 0 Å². The predicted octanol–water partition coefficient (Wildman–Crippen LogP) is 1.38. The summed E-state index contributed by atoms with van der Waals surface area (Å²) in [6.45, 7) is 4.43. The van der Waals surface area contributed by atoms with Crippen LogP contribution in [0.3, 0.4) is 0 Å². The standard InChI is InChI=1S/C15H26N4O2/c1-12(2)19(14-6-4-3-5-7-14)15(21)11-18-10-13(8-9-20)16-17-18/h10,12,14,20H,3-9,11H2,1-2H3. The summed E-state index contributed by atoms with van der Waals surface area (Å²) in [5, 5.41) is 16.8. The number of amides is 1. The van der Waals surface area contributed by atoms with Crippen LogP contribution in [0.15, 0.2) is 6.20 Å². The maximum absolute atomic E-state index is 12.6. The first-order valence-electron chi connectivity index (χ1n) is 7.93. The van der Waals surface area contributed by atoms with Gasteiger partial charge < -0.3 is 10.0 Å². The van der Waals surface area contributed by atoms with Crippen LogP contribution in [0, 0.1) is 0 Å². The van der Waals surface area contributed by atoms with Crippen LogP contribution in [0.2, 0.25) is 0 Å². The summed E-state index contributed by atoms with van der Waals surface area (Å²) >= 11 is 0. The number of aromatic nitrogens is 3. The molecule has 1 saturated carbocycles. The van der Waals surface area contributed by atoms with Gasteiger partial charge in [-0.15, -0.1) is 5.10 Å². The number of hydrogen-bond donors (Lipinski definition) is 1. The summed E-state index contributed by atoms with van der Waals surface area (Å²) in [5.74, 6) is 0.109. The smallest absolute Gasteiger partial charge is 0.244 e. The van der Waals surface area contributed by atoms with E-state index in [1.165, 1.54) is 19.3 Å². The molecule has 0 radical (unpaired) electrons. The van der Waals surface area contributed by atoms with Gasteiger partial charge >= 0.3 is 0 Å². The highest BCUT2D eigenvalue weighted by Gasteiger charge is 2.27. The molecule has 1 heterocycles. The van der Waals surface area contributed by atoms with Gasteiger partial charge in [0.25, 0.3) is 0 Å². The Morgan fingerprint density at radius 2 is 2.14 bits per heavy atom. The van der Waals surface area contributed by atoms with Gasteiger partial charge in [-0.3, -0.25) is 4.79 Å². The Morgan fingerprint density at radius 1 is 1.43 bits per heavy atom. The van der Waals surface area contributed by atoms with Gasteiger partial charge in [-0.25, -0.2) is 4.68 Å². The van der Waals surface area contributed by atoms with Crippen molar-refractivity contribution in [2.24, 2.45) is 0 Å². The Balaban J connectivity index is 2.00. The fourth-order valence-electron chi connectivity index (χ4n) is 3.14. The third-order valence-electron chi connectivity index (χ3n) is 4.06. The molecule has 0 aromatic carbocycles. The lowest BCUT2D eigenvalue weighted by atomic mass is 9.93. The lowest BCUT2D eigenvalue weighted by molar-refractivity contribution is -0.137. The molecule has 6 nitrogen and oxygen atoms in total. The monoisotopic (exact) mass is 294 g/mol. The Bertz CT molecular complexity index is 452. The van der Waals surface area contributed by atoms with Crippen molar-refractivity contribution < 1.29 is 9.90 Å². The number of rotatable bonds is 6. The second-order valence-corrected chi connectivity index (χ2v) is 6.07. The van der Waals surface area contributed by atoms with Crippen molar-refractivity contribution in [3.05, 3.63) is 11.9 Å². The first-order chi connectivity index (χ1) is 10.1. The normalized spacial score (nSPS) is 16.4. The van der Waals surface area contributed by atoms with Crippen molar-refractivity contribution >= 4 is 5.91 Å². The molecule has 1 aromatic heterocycles. The molecule has 0 bridgehead atoms. The molecule has 1 amide bonds. The SMILES string of the molecule is CC(C)N(C(=O)Cn1cc(CCO)nn1)C1CCCCC1. The van der Waals surface area contributed by atoms with Crippen LogP contribution >= 0.6 is 0 Å². The average molecular weight is 294 g/mol. The molecule has 1 aliphatic rings. The minimum absolute atomic E-state index is 0.0484. The van der Waals surface area contributed by atoms with E-state index in [0.717, 1.165) is 18.5 Å². The van der Waals surface area contributed by atoms with Crippen molar-refractivity contribution in [3.8, 4) is 0 Å². The Hall–Kier alpha value is -1.43. The zero-order chi connectivity index (χ0) is 15.2. The number of hydrogen-bond acceptors (Lipinski definition) is 4. The highest BCUT2D eigenvalue weighted by molar-refractivity contribution is 5.76. The summed E-state index contributed by atoms with van der Waals surface area (Å²) in [5.41, 5.74) is 0.721. The van der Waals surface area contributed by atoms with Gasteiger partial charge in [-0.1, -0.05) is 24.5 Å². The highest BCUT2D eigenvalue weighted by atomic mass is 16.3. The summed E-state index contributed by atoms with van der Waals surface area (Å²) < 4.78 is 1.57. The lowest BCUT2D eigenvalue weighted by Crippen LogP contribution is -2.47. The highest BCUT2D eigenvalue weighted by Crippen LogP contribution is 2.24. The largest absolute Gasteiger partial charge is 0.396 e. The molecule has 0 atom stereocenters. The van der Waals surface area contributed by atoms with Gasteiger partial charge in [-0.2, -0.15) is 0 Å². The molecule has 6 heteroatoms. The minimum Gasteiger partial charge on any atom is -0.396 e. The average Bonchev–Trinajstić information content (AvgIpc) is 2.87. The van der Waals surface area contributed by atoms with Gasteiger partial charge in [0.15, 0.2) is 0 Å². The van der Waals surface area contributed by atoms with Crippen molar-refractivity contribution in [2.75, 3.05) is 6.61 Å². The number of aliphatic hydroxyl groups excluding tert-OH is 1. The van der Waals surface area contributed by atoms with Crippen LogP contribution in [0.4, 0.5) is 0 Å². The zero-order valence-corrected chi connectivity index (χ0v) is 13.0. The van der Waals surface area contributed by atoms with E-state index in [2.05, 4.69) is 24.2 Å². The van der Waals surface area contributed by atoms with E-state index in [1.807, 2.05) is 4.90 Å². The predicted molar refractivity (Wildman–Crippen MR) is 79.7 cm³/mol. The van der Waals surface area contributed by atoms with Gasteiger partial charge in [0.2, 0.25) is 5.91 Å². The first kappa shape index (κ1) is 15.9. The number of carbonyl (C=O) groups excluding carboxylic acids is 1. The third-order valence-corrected chi connectivity index (χ3v) is 4.06. The number of aliphatic hydroxyl groups is 1. The lowest BCUT2D eigenvalue weighted by Gasteiger charge is -2.37. The molecule has 118 valence electrons. The fraction of sp³-hybridized carbons (Fsp3) is 0.800. The van der Waals surface area contributed by atoms with Crippen LogP contribution in [-0.2, 0) is 17.8 Å². The third kappa shape index (κ3) is 4.27. The summed E-state index contributed by atoms with van der Waals surface area (Å²) in [6, 6.07) is 0.577. The molecular formula is C15H26N4O2. The molecule has 1 fully saturated rings. The van der Waals surface area contributed by atoms with Crippen LogP contribution < -0.4 is 0 Å². The first-order valence-corrected chi connectivity index (χ1v) is 7.93. The van der Waals surface area contributed by atoms with Gasteiger partial charge in [0, 0.05) is 31.3 Å². The van der Waals surface area contributed by atoms with Crippen molar-refractivity contribution in [3.63, 3.8) is 0 Å². The summed E-state index contributed by atoms with van der Waals surface area (Å²) in [4.78, 5) is 14.6. The van der Waals surface area contributed by atoms with Gasteiger partial charge in [0.05, 0.1) is 5.69 Å². The molecule has 0 spiro atoms. The molecule has 2 rings (SSSR count). The molecule has 21 heavy (non-hydrogen) atoms. The van der Waals surface area contributed by atoms with Crippen molar-refractivity contribution in [1.29, 1.82) is 0 Å². The van der Waals surface area contributed by atoms with E-state index in [0.29, 0.717) is 12.5 Å². The maximum atomic E-state index is 12.6. The van der Waals surface area contributed by atoms with E-state index in [-0.39, 0.29) is 25.1 Å². The summed E-state index contributed by atoms with van der Waals surface area (Å²) in [7, 11) is 0. The maximum Gasteiger partial charge on any atom is 0.244 e. The molecule has 0 unspecified atom stereocenters. The molecular weight excluding hydrogens is 268 g/mol. The van der Waals surface area contributed by atoms with Crippen molar-refractivity contribution in [1.82, 2.24) is 19.9 Å². The second kappa shape index (κ2) is 7.54. The van der Waals surface area contributed by atoms with E-state index in [4.69, 9.17) is 5.11 Å².